The maximum Gasteiger partial charge on any atom is 0.148 e. The van der Waals surface area contributed by atoms with Gasteiger partial charge in [0.25, 0.3) is 0 Å². The summed E-state index contributed by atoms with van der Waals surface area (Å²) in [6.07, 6.45) is 0. The van der Waals surface area contributed by atoms with Crippen molar-refractivity contribution in [1.29, 1.82) is 0 Å². The van der Waals surface area contributed by atoms with E-state index < -0.39 is 0 Å². The Bertz CT molecular complexity index is 179. The van der Waals surface area contributed by atoms with Crippen LogP contribution in [0.3, 0.4) is 0 Å². The molecule has 1 rings (SSSR count). The van der Waals surface area contributed by atoms with Gasteiger partial charge in [-0.2, -0.15) is 0 Å². The van der Waals surface area contributed by atoms with Gasteiger partial charge >= 0.3 is 0 Å². The Hall–Kier alpha value is -0.0200. The molecule has 3 heteroatoms. The van der Waals surface area contributed by atoms with Crippen LogP contribution < -0.4 is 0 Å². The lowest BCUT2D eigenvalue weighted by Gasteiger charge is -2.26. The number of thioether (sulfide) groups is 1. The Balaban J connectivity index is 2.80. The zero-order valence-electron chi connectivity index (χ0n) is 7.55. The molecule has 1 fully saturated rings. The first kappa shape index (κ1) is 9.07. The van der Waals surface area contributed by atoms with E-state index in [2.05, 4.69) is 18.7 Å². The molecule has 1 heterocycles. The Morgan fingerprint density at radius 1 is 1.64 bits per heavy atom. The summed E-state index contributed by atoms with van der Waals surface area (Å²) in [5, 5.41) is 0. The number of hydrogen-bond donors (Lipinski definition) is 0. The van der Waals surface area contributed by atoms with Gasteiger partial charge in [0.15, 0.2) is 0 Å². The third-order valence-electron chi connectivity index (χ3n) is 2.12. The highest BCUT2D eigenvalue weighted by molar-refractivity contribution is 8.00. The first-order valence-electron chi connectivity index (χ1n) is 3.80. The monoisotopic (exact) mass is 173 g/mol. The summed E-state index contributed by atoms with van der Waals surface area (Å²) in [6.45, 7) is 5.94. The molecule has 0 aromatic carbocycles. The van der Waals surface area contributed by atoms with Gasteiger partial charge in [0.2, 0.25) is 0 Å². The molecular formula is C8H15NOS. The predicted molar refractivity (Wildman–Crippen MR) is 48.8 cm³/mol. The van der Waals surface area contributed by atoms with Crippen LogP contribution in [-0.2, 0) is 4.79 Å². The summed E-state index contributed by atoms with van der Waals surface area (Å²) in [7, 11) is 2.01. The van der Waals surface area contributed by atoms with Gasteiger partial charge in [-0.3, -0.25) is 9.69 Å². The molecule has 0 spiro atoms. The summed E-state index contributed by atoms with van der Waals surface area (Å²) >= 11 is 1.85. The molecule has 0 bridgehead atoms. The van der Waals surface area contributed by atoms with E-state index >= 15 is 0 Å². The van der Waals surface area contributed by atoms with Crippen LogP contribution in [-0.4, -0.2) is 34.4 Å². The molecule has 0 unspecified atom stereocenters. The molecule has 0 aliphatic carbocycles. The Morgan fingerprint density at radius 3 is 2.36 bits per heavy atom. The largest absolute Gasteiger partial charge is 0.298 e. The normalized spacial score (nSPS) is 30.7. The molecule has 0 amide bonds. The quantitative estimate of drug-likeness (QED) is 0.597. The second kappa shape index (κ2) is 2.79. The van der Waals surface area contributed by atoms with Crippen LogP contribution in [0.1, 0.15) is 20.8 Å². The minimum Gasteiger partial charge on any atom is -0.298 e. The highest BCUT2D eigenvalue weighted by Gasteiger charge is 2.41. The van der Waals surface area contributed by atoms with E-state index in [4.69, 9.17) is 0 Å². The van der Waals surface area contributed by atoms with Crippen LogP contribution >= 0.6 is 11.8 Å². The number of carbonyl (C=O) groups excluding carboxylic acids is 1. The van der Waals surface area contributed by atoms with Crippen molar-refractivity contribution >= 4 is 17.5 Å². The van der Waals surface area contributed by atoms with Crippen LogP contribution in [0.25, 0.3) is 0 Å². The lowest BCUT2D eigenvalue weighted by atomic mass is 9.99. The zero-order valence-corrected chi connectivity index (χ0v) is 8.36. The number of carbonyl (C=O) groups is 1. The zero-order chi connectivity index (χ0) is 8.65. The van der Waals surface area contributed by atoms with Crippen molar-refractivity contribution in [3.63, 3.8) is 0 Å². The number of Topliss-reactive ketones (excluding diaryl/α,β-unsaturated/α-hetero) is 1. The second-order valence-corrected chi connectivity index (χ2v) is 5.25. The molecule has 0 aromatic rings. The molecule has 64 valence electrons. The fourth-order valence-corrected chi connectivity index (χ4v) is 2.94. The van der Waals surface area contributed by atoms with Crippen molar-refractivity contribution in [3.05, 3.63) is 0 Å². The maximum absolute atomic E-state index is 11.2. The summed E-state index contributed by atoms with van der Waals surface area (Å²) in [6, 6.07) is 0.104. The van der Waals surface area contributed by atoms with Crippen molar-refractivity contribution < 1.29 is 4.79 Å². The fraction of sp³-hybridized carbons (Fsp3) is 0.875. The third kappa shape index (κ3) is 1.59. The van der Waals surface area contributed by atoms with Crippen molar-refractivity contribution in [2.24, 2.45) is 0 Å². The SMILES string of the molecule is CC(=O)[C@H]1N(C)CSC1(C)C. The van der Waals surface area contributed by atoms with Gasteiger partial charge in [0.1, 0.15) is 5.78 Å². The molecule has 0 radical (unpaired) electrons. The van der Waals surface area contributed by atoms with Crippen LogP contribution in [0.5, 0.6) is 0 Å². The summed E-state index contributed by atoms with van der Waals surface area (Å²) in [5.41, 5.74) is 0. The van der Waals surface area contributed by atoms with Crippen LogP contribution in [0.2, 0.25) is 0 Å². The van der Waals surface area contributed by atoms with E-state index in [0.717, 1.165) is 5.88 Å². The number of ketones is 1. The van der Waals surface area contributed by atoms with Gasteiger partial charge < -0.3 is 0 Å². The van der Waals surface area contributed by atoms with Crippen LogP contribution in [0.15, 0.2) is 0 Å². The first-order valence-corrected chi connectivity index (χ1v) is 4.78. The summed E-state index contributed by atoms with van der Waals surface area (Å²) in [5.74, 6) is 1.25. The average Bonchev–Trinajstić information content (AvgIpc) is 2.06. The van der Waals surface area contributed by atoms with Gasteiger partial charge in [-0.05, 0) is 27.8 Å². The Morgan fingerprint density at radius 2 is 2.18 bits per heavy atom. The molecule has 0 saturated carbocycles. The van der Waals surface area contributed by atoms with Crippen molar-refractivity contribution in [3.8, 4) is 0 Å². The van der Waals surface area contributed by atoms with E-state index in [1.165, 1.54) is 0 Å². The second-order valence-electron chi connectivity index (χ2n) is 3.65. The van der Waals surface area contributed by atoms with Crippen molar-refractivity contribution in [2.75, 3.05) is 12.9 Å². The highest BCUT2D eigenvalue weighted by Crippen LogP contribution is 2.38. The molecule has 2 nitrogen and oxygen atoms in total. The van der Waals surface area contributed by atoms with Crippen LogP contribution in [0, 0.1) is 0 Å². The molecular weight excluding hydrogens is 158 g/mol. The van der Waals surface area contributed by atoms with E-state index in [9.17, 15) is 4.79 Å². The standard InChI is InChI=1S/C8H15NOS/c1-6(10)7-8(2,3)11-5-9(7)4/h7H,5H2,1-4H3/t7-/m1/s1. The molecule has 0 aromatic heterocycles. The Labute approximate surface area is 72.3 Å². The molecule has 1 aliphatic heterocycles. The van der Waals surface area contributed by atoms with Gasteiger partial charge in [-0.1, -0.05) is 0 Å². The van der Waals surface area contributed by atoms with Crippen LogP contribution in [0.4, 0.5) is 0 Å². The predicted octanol–water partition coefficient (Wildman–Crippen LogP) is 1.36. The summed E-state index contributed by atoms with van der Waals surface area (Å²) < 4.78 is 0.0978. The molecule has 1 saturated heterocycles. The fourth-order valence-electron chi connectivity index (χ4n) is 1.75. The third-order valence-corrected chi connectivity index (χ3v) is 3.63. The Kier molecular flexibility index (Phi) is 2.30. The number of nitrogens with zero attached hydrogens (tertiary/aromatic N) is 1. The molecule has 1 atom stereocenters. The van der Waals surface area contributed by atoms with Gasteiger partial charge in [0.05, 0.1) is 6.04 Å². The highest BCUT2D eigenvalue weighted by atomic mass is 32.2. The van der Waals surface area contributed by atoms with Gasteiger partial charge in [-0.15, -0.1) is 11.8 Å². The van der Waals surface area contributed by atoms with E-state index in [-0.39, 0.29) is 16.6 Å². The topological polar surface area (TPSA) is 20.3 Å². The first-order chi connectivity index (χ1) is 4.95. The van der Waals surface area contributed by atoms with Gasteiger partial charge in [0, 0.05) is 10.6 Å². The molecule has 11 heavy (non-hydrogen) atoms. The average molecular weight is 173 g/mol. The molecule has 0 N–H and O–H groups in total. The van der Waals surface area contributed by atoms with Crippen molar-refractivity contribution in [1.82, 2.24) is 4.90 Å². The van der Waals surface area contributed by atoms with E-state index in [1.54, 1.807) is 6.92 Å². The number of hydrogen-bond acceptors (Lipinski definition) is 3. The van der Waals surface area contributed by atoms with Gasteiger partial charge in [-0.25, -0.2) is 0 Å². The lowest BCUT2D eigenvalue weighted by Crippen LogP contribution is -2.43. The molecule has 1 aliphatic rings. The maximum atomic E-state index is 11.2. The summed E-state index contributed by atoms with van der Waals surface area (Å²) in [4.78, 5) is 13.3. The lowest BCUT2D eigenvalue weighted by molar-refractivity contribution is -0.121. The van der Waals surface area contributed by atoms with E-state index in [1.807, 2.05) is 18.8 Å². The van der Waals surface area contributed by atoms with E-state index in [0.29, 0.717) is 0 Å². The number of likely N-dealkylation sites (N-methyl/N-ethyl adjacent to an activating group) is 1. The van der Waals surface area contributed by atoms with Crippen molar-refractivity contribution in [2.45, 2.75) is 31.6 Å². The number of rotatable bonds is 1. The minimum atomic E-state index is 0.0978. The minimum absolute atomic E-state index is 0.0978. The smallest absolute Gasteiger partial charge is 0.148 e.